The minimum atomic E-state index is 0.520. The Bertz CT molecular complexity index is 505. The van der Waals surface area contributed by atoms with E-state index in [-0.39, 0.29) is 0 Å². The first-order chi connectivity index (χ1) is 9.65. The maximum atomic E-state index is 3.50. The lowest BCUT2D eigenvalue weighted by Crippen LogP contribution is -2.24. The highest BCUT2D eigenvalue weighted by Crippen LogP contribution is 2.14. The minimum Gasteiger partial charge on any atom is -0.310 e. The summed E-state index contributed by atoms with van der Waals surface area (Å²) in [7, 11) is 2.18. The first-order valence-corrected chi connectivity index (χ1v) is 8.09. The smallest absolute Gasteiger partial charge is 0.0242 e. The molecule has 20 heavy (non-hydrogen) atoms. The van der Waals surface area contributed by atoms with Crippen LogP contribution in [0, 0.1) is 0 Å². The zero-order valence-electron chi connectivity index (χ0n) is 12.6. The molecule has 1 heterocycles. The molecule has 0 amide bonds. The molecule has 3 heteroatoms. The number of rotatable bonds is 7. The Balaban J connectivity index is 1.97. The average Bonchev–Trinajstić information content (AvgIpc) is 2.90. The van der Waals surface area contributed by atoms with Gasteiger partial charge in [0.25, 0.3) is 0 Å². The molecule has 0 saturated carbocycles. The van der Waals surface area contributed by atoms with Crippen molar-refractivity contribution in [1.29, 1.82) is 0 Å². The van der Waals surface area contributed by atoms with Gasteiger partial charge in [-0.1, -0.05) is 38.1 Å². The Kier molecular flexibility index (Phi) is 5.77. The number of hydrogen-bond donors (Lipinski definition) is 1. The van der Waals surface area contributed by atoms with Gasteiger partial charge in [0.15, 0.2) is 0 Å². The van der Waals surface area contributed by atoms with Crippen LogP contribution in [0.2, 0.25) is 0 Å². The van der Waals surface area contributed by atoms with E-state index in [1.165, 1.54) is 16.7 Å². The zero-order valence-corrected chi connectivity index (χ0v) is 13.4. The lowest BCUT2D eigenvalue weighted by molar-refractivity contribution is 0.318. The standard InChI is InChI=1S/C17H24N2S/c1-14(2)18-10-16-6-4-5-7-17(16)12-19(3)11-15-8-9-20-13-15/h4-9,13-14,18H,10-12H2,1-3H3. The van der Waals surface area contributed by atoms with Crippen molar-refractivity contribution in [3.63, 3.8) is 0 Å². The molecule has 0 aliphatic rings. The van der Waals surface area contributed by atoms with Crippen LogP contribution in [0.5, 0.6) is 0 Å². The van der Waals surface area contributed by atoms with Gasteiger partial charge in [0.1, 0.15) is 0 Å². The second-order valence-electron chi connectivity index (χ2n) is 5.61. The monoisotopic (exact) mass is 288 g/mol. The van der Waals surface area contributed by atoms with Crippen LogP contribution in [-0.2, 0) is 19.6 Å². The summed E-state index contributed by atoms with van der Waals surface area (Å²) in [5, 5.41) is 7.87. The Morgan fingerprint density at radius 2 is 1.85 bits per heavy atom. The average molecular weight is 288 g/mol. The van der Waals surface area contributed by atoms with Gasteiger partial charge in [0.05, 0.1) is 0 Å². The quantitative estimate of drug-likeness (QED) is 0.832. The summed E-state index contributed by atoms with van der Waals surface area (Å²) in [6.45, 7) is 7.32. The van der Waals surface area contributed by atoms with Gasteiger partial charge in [-0.05, 0) is 40.6 Å². The highest BCUT2D eigenvalue weighted by molar-refractivity contribution is 7.07. The molecular formula is C17H24N2S. The molecule has 0 fully saturated rings. The van der Waals surface area contributed by atoms with Crippen molar-refractivity contribution >= 4 is 11.3 Å². The lowest BCUT2D eigenvalue weighted by Gasteiger charge is -2.19. The Morgan fingerprint density at radius 1 is 1.10 bits per heavy atom. The molecule has 108 valence electrons. The van der Waals surface area contributed by atoms with Crippen LogP contribution < -0.4 is 5.32 Å². The van der Waals surface area contributed by atoms with E-state index < -0.39 is 0 Å². The first-order valence-electron chi connectivity index (χ1n) is 7.15. The van der Waals surface area contributed by atoms with Crippen LogP contribution >= 0.6 is 11.3 Å². The molecule has 0 aliphatic heterocycles. The number of benzene rings is 1. The van der Waals surface area contributed by atoms with Crippen molar-refractivity contribution in [2.24, 2.45) is 0 Å². The molecule has 0 aliphatic carbocycles. The van der Waals surface area contributed by atoms with Crippen LogP contribution in [0.25, 0.3) is 0 Å². The molecule has 1 aromatic heterocycles. The molecule has 2 nitrogen and oxygen atoms in total. The second kappa shape index (κ2) is 7.58. The lowest BCUT2D eigenvalue weighted by atomic mass is 10.1. The number of nitrogens with zero attached hydrogens (tertiary/aromatic N) is 1. The number of thiophene rings is 1. The molecular weight excluding hydrogens is 264 g/mol. The molecule has 0 saturated heterocycles. The highest BCUT2D eigenvalue weighted by atomic mass is 32.1. The number of hydrogen-bond acceptors (Lipinski definition) is 3. The summed E-state index contributed by atoms with van der Waals surface area (Å²) in [4.78, 5) is 2.37. The van der Waals surface area contributed by atoms with Crippen molar-refractivity contribution < 1.29 is 0 Å². The molecule has 1 N–H and O–H groups in total. The fraction of sp³-hybridized carbons (Fsp3) is 0.412. The van der Waals surface area contributed by atoms with E-state index in [1.807, 2.05) is 0 Å². The van der Waals surface area contributed by atoms with E-state index in [4.69, 9.17) is 0 Å². The van der Waals surface area contributed by atoms with Crippen LogP contribution in [0.1, 0.15) is 30.5 Å². The van der Waals surface area contributed by atoms with Crippen molar-refractivity contribution in [3.8, 4) is 0 Å². The predicted octanol–water partition coefficient (Wildman–Crippen LogP) is 3.88. The van der Waals surface area contributed by atoms with Gasteiger partial charge in [-0.15, -0.1) is 0 Å². The van der Waals surface area contributed by atoms with E-state index in [9.17, 15) is 0 Å². The Labute approximate surface area is 126 Å². The van der Waals surface area contributed by atoms with E-state index >= 15 is 0 Å². The molecule has 0 spiro atoms. The molecule has 1 aromatic carbocycles. The molecule has 0 atom stereocenters. The van der Waals surface area contributed by atoms with Crippen LogP contribution in [0.4, 0.5) is 0 Å². The van der Waals surface area contributed by atoms with Crippen molar-refractivity contribution in [2.75, 3.05) is 7.05 Å². The van der Waals surface area contributed by atoms with E-state index in [2.05, 4.69) is 72.2 Å². The fourth-order valence-corrected chi connectivity index (χ4v) is 2.90. The molecule has 0 bridgehead atoms. The summed E-state index contributed by atoms with van der Waals surface area (Å²) >= 11 is 1.77. The SMILES string of the molecule is CC(C)NCc1ccccc1CN(C)Cc1ccsc1. The van der Waals surface area contributed by atoms with Gasteiger partial charge >= 0.3 is 0 Å². The van der Waals surface area contributed by atoms with Gasteiger partial charge in [-0.3, -0.25) is 4.90 Å². The van der Waals surface area contributed by atoms with E-state index in [0.29, 0.717) is 6.04 Å². The molecule has 0 radical (unpaired) electrons. The summed E-state index contributed by atoms with van der Waals surface area (Å²) in [5.41, 5.74) is 4.21. The van der Waals surface area contributed by atoms with Gasteiger partial charge in [0, 0.05) is 25.7 Å². The third-order valence-electron chi connectivity index (χ3n) is 3.29. The Hall–Kier alpha value is -1.16. The minimum absolute atomic E-state index is 0.520. The largest absolute Gasteiger partial charge is 0.310 e. The third-order valence-corrected chi connectivity index (χ3v) is 4.02. The van der Waals surface area contributed by atoms with Crippen LogP contribution in [-0.4, -0.2) is 18.0 Å². The first kappa shape index (κ1) is 15.2. The third kappa shape index (κ3) is 4.75. The molecule has 2 rings (SSSR count). The van der Waals surface area contributed by atoms with Crippen molar-refractivity contribution in [3.05, 3.63) is 57.8 Å². The maximum Gasteiger partial charge on any atom is 0.0242 e. The van der Waals surface area contributed by atoms with E-state index in [0.717, 1.165) is 19.6 Å². The number of nitrogens with one attached hydrogen (secondary N) is 1. The normalized spacial score (nSPS) is 11.4. The topological polar surface area (TPSA) is 15.3 Å². The predicted molar refractivity (Wildman–Crippen MR) is 87.9 cm³/mol. The van der Waals surface area contributed by atoms with Crippen molar-refractivity contribution in [1.82, 2.24) is 10.2 Å². The zero-order chi connectivity index (χ0) is 14.4. The summed E-state index contributed by atoms with van der Waals surface area (Å²) in [5.74, 6) is 0. The van der Waals surface area contributed by atoms with Gasteiger partial charge < -0.3 is 5.32 Å². The fourth-order valence-electron chi connectivity index (χ4n) is 2.24. The highest BCUT2D eigenvalue weighted by Gasteiger charge is 2.06. The van der Waals surface area contributed by atoms with E-state index in [1.54, 1.807) is 11.3 Å². The maximum absolute atomic E-state index is 3.50. The summed E-state index contributed by atoms with van der Waals surface area (Å²) < 4.78 is 0. The van der Waals surface area contributed by atoms with Crippen LogP contribution in [0.15, 0.2) is 41.1 Å². The summed E-state index contributed by atoms with van der Waals surface area (Å²) in [6.07, 6.45) is 0. The van der Waals surface area contributed by atoms with Crippen molar-refractivity contribution in [2.45, 2.75) is 39.5 Å². The van der Waals surface area contributed by atoms with Gasteiger partial charge in [-0.25, -0.2) is 0 Å². The second-order valence-corrected chi connectivity index (χ2v) is 6.39. The van der Waals surface area contributed by atoms with Crippen LogP contribution in [0.3, 0.4) is 0 Å². The molecule has 2 aromatic rings. The summed E-state index contributed by atoms with van der Waals surface area (Å²) in [6, 6.07) is 11.4. The molecule has 0 unspecified atom stereocenters. The van der Waals surface area contributed by atoms with Gasteiger partial charge in [0.2, 0.25) is 0 Å². The Morgan fingerprint density at radius 3 is 2.50 bits per heavy atom. The van der Waals surface area contributed by atoms with Gasteiger partial charge in [-0.2, -0.15) is 11.3 Å².